The lowest BCUT2D eigenvalue weighted by Crippen LogP contribution is -2.46. The molecule has 0 aromatic heterocycles. The molecular formula is C22H25BrClN3O3. The number of halogens is 2. The third-order valence-electron chi connectivity index (χ3n) is 4.08. The molecule has 6 nitrogen and oxygen atoms in total. The number of carbonyl (C=O) groups excluding carboxylic acids is 2. The fraction of sp³-hybridized carbons (Fsp3) is 0.318. The van der Waals surface area contributed by atoms with Crippen LogP contribution in [0.2, 0.25) is 5.02 Å². The maximum absolute atomic E-state index is 12.6. The zero-order chi connectivity index (χ0) is 22.1. The van der Waals surface area contributed by atoms with Gasteiger partial charge in [0.25, 0.3) is 11.8 Å². The number of nitrogens with zero attached hydrogens (tertiary/aromatic N) is 1. The topological polar surface area (TPSA) is 79.8 Å². The standard InChI is InChI=1S/C22H25BrClN3O3/c1-4-30-20-10-5-15(12-18(20)23)13-25-27-22(29)19(11-14(2)3)26-21(28)16-6-8-17(24)9-7-16/h5-10,12-14,19H,4,11H2,1-3H3,(H,26,28)(H,27,29)/b25-13+. The predicted octanol–water partition coefficient (Wildman–Crippen LogP) is 4.80. The van der Waals surface area contributed by atoms with Gasteiger partial charge in [0.2, 0.25) is 0 Å². The summed E-state index contributed by atoms with van der Waals surface area (Å²) in [7, 11) is 0. The van der Waals surface area contributed by atoms with Crippen molar-refractivity contribution in [2.24, 2.45) is 11.0 Å². The Labute approximate surface area is 190 Å². The average molecular weight is 495 g/mol. The summed E-state index contributed by atoms with van der Waals surface area (Å²) in [5.41, 5.74) is 3.73. The summed E-state index contributed by atoms with van der Waals surface area (Å²) in [5.74, 6) is 0.220. The molecule has 0 aliphatic carbocycles. The maximum Gasteiger partial charge on any atom is 0.262 e. The van der Waals surface area contributed by atoms with Gasteiger partial charge in [0.15, 0.2) is 0 Å². The lowest BCUT2D eigenvalue weighted by atomic mass is 10.0. The van der Waals surface area contributed by atoms with Gasteiger partial charge in [0.1, 0.15) is 11.8 Å². The van der Waals surface area contributed by atoms with Crippen LogP contribution >= 0.6 is 27.5 Å². The highest BCUT2D eigenvalue weighted by molar-refractivity contribution is 9.10. The Bertz CT molecular complexity index is 901. The van der Waals surface area contributed by atoms with Crippen LogP contribution in [0.4, 0.5) is 0 Å². The molecule has 0 heterocycles. The monoisotopic (exact) mass is 493 g/mol. The van der Waals surface area contributed by atoms with Gasteiger partial charge in [-0.05, 0) is 83.2 Å². The van der Waals surface area contributed by atoms with E-state index in [9.17, 15) is 9.59 Å². The Morgan fingerprint density at radius 3 is 2.50 bits per heavy atom. The number of amides is 2. The fourth-order valence-corrected chi connectivity index (χ4v) is 3.30. The van der Waals surface area contributed by atoms with E-state index in [4.69, 9.17) is 16.3 Å². The summed E-state index contributed by atoms with van der Waals surface area (Å²) in [6.45, 7) is 6.45. The summed E-state index contributed by atoms with van der Waals surface area (Å²) in [5, 5.41) is 7.33. The molecule has 0 saturated heterocycles. The minimum absolute atomic E-state index is 0.206. The SMILES string of the molecule is CCOc1ccc(/C=N/NC(=O)C(CC(C)C)NC(=O)c2ccc(Cl)cc2)cc1Br. The van der Waals surface area contributed by atoms with Crippen molar-refractivity contribution >= 4 is 45.6 Å². The van der Waals surface area contributed by atoms with Crippen molar-refractivity contribution in [1.82, 2.24) is 10.7 Å². The van der Waals surface area contributed by atoms with Gasteiger partial charge in [-0.3, -0.25) is 9.59 Å². The Balaban J connectivity index is 2.02. The second-order valence-corrected chi connectivity index (χ2v) is 8.31. The smallest absolute Gasteiger partial charge is 0.262 e. The zero-order valence-electron chi connectivity index (χ0n) is 17.1. The number of rotatable bonds is 9. The Morgan fingerprint density at radius 1 is 1.20 bits per heavy atom. The second-order valence-electron chi connectivity index (χ2n) is 7.02. The second kappa shape index (κ2) is 11.7. The predicted molar refractivity (Wildman–Crippen MR) is 123 cm³/mol. The van der Waals surface area contributed by atoms with Crippen LogP contribution in [-0.2, 0) is 4.79 Å². The Hall–Kier alpha value is -2.38. The van der Waals surface area contributed by atoms with Crippen LogP contribution in [0, 0.1) is 5.92 Å². The first-order valence-electron chi connectivity index (χ1n) is 9.61. The summed E-state index contributed by atoms with van der Waals surface area (Å²) >= 11 is 9.30. The van der Waals surface area contributed by atoms with Gasteiger partial charge >= 0.3 is 0 Å². The maximum atomic E-state index is 12.6. The lowest BCUT2D eigenvalue weighted by Gasteiger charge is -2.19. The first kappa shape index (κ1) is 23.9. The summed E-state index contributed by atoms with van der Waals surface area (Å²) in [6, 6.07) is 11.3. The molecule has 0 aliphatic rings. The fourth-order valence-electron chi connectivity index (χ4n) is 2.66. The van der Waals surface area contributed by atoms with E-state index in [2.05, 4.69) is 31.8 Å². The summed E-state index contributed by atoms with van der Waals surface area (Å²) in [4.78, 5) is 25.1. The zero-order valence-corrected chi connectivity index (χ0v) is 19.5. The molecule has 0 saturated carbocycles. The molecule has 1 atom stereocenters. The summed E-state index contributed by atoms with van der Waals surface area (Å²) < 4.78 is 6.27. The van der Waals surface area contributed by atoms with Crippen LogP contribution in [0.25, 0.3) is 0 Å². The largest absolute Gasteiger partial charge is 0.493 e. The molecule has 0 fully saturated rings. The van der Waals surface area contributed by atoms with E-state index in [-0.39, 0.29) is 17.7 Å². The molecule has 160 valence electrons. The van der Waals surface area contributed by atoms with Crippen molar-refractivity contribution in [3.8, 4) is 5.75 Å². The van der Waals surface area contributed by atoms with E-state index in [1.165, 1.54) is 6.21 Å². The highest BCUT2D eigenvalue weighted by Gasteiger charge is 2.22. The third kappa shape index (κ3) is 7.46. The number of nitrogens with one attached hydrogen (secondary N) is 2. The van der Waals surface area contributed by atoms with E-state index in [0.717, 1.165) is 15.8 Å². The van der Waals surface area contributed by atoms with Crippen LogP contribution in [0.1, 0.15) is 43.1 Å². The molecule has 8 heteroatoms. The molecule has 2 rings (SSSR count). The molecule has 2 aromatic carbocycles. The van der Waals surface area contributed by atoms with Crippen LogP contribution < -0.4 is 15.5 Å². The van der Waals surface area contributed by atoms with E-state index in [1.807, 2.05) is 39.0 Å². The van der Waals surface area contributed by atoms with Crippen LogP contribution in [0.5, 0.6) is 5.75 Å². The molecule has 0 radical (unpaired) electrons. The van der Waals surface area contributed by atoms with Crippen molar-refractivity contribution in [2.45, 2.75) is 33.2 Å². The van der Waals surface area contributed by atoms with Gasteiger partial charge in [0, 0.05) is 10.6 Å². The lowest BCUT2D eigenvalue weighted by molar-refractivity contribution is -0.123. The highest BCUT2D eigenvalue weighted by atomic mass is 79.9. The quantitative estimate of drug-likeness (QED) is 0.388. The van der Waals surface area contributed by atoms with Crippen molar-refractivity contribution in [3.63, 3.8) is 0 Å². The number of benzene rings is 2. The molecule has 0 aliphatic heterocycles. The van der Waals surface area contributed by atoms with Gasteiger partial charge in [-0.1, -0.05) is 25.4 Å². The minimum Gasteiger partial charge on any atom is -0.493 e. The molecule has 30 heavy (non-hydrogen) atoms. The van der Waals surface area contributed by atoms with Crippen LogP contribution in [0.3, 0.4) is 0 Å². The van der Waals surface area contributed by atoms with Crippen molar-refractivity contribution in [1.29, 1.82) is 0 Å². The van der Waals surface area contributed by atoms with Gasteiger partial charge in [-0.25, -0.2) is 5.43 Å². The van der Waals surface area contributed by atoms with E-state index in [0.29, 0.717) is 23.6 Å². The number of carbonyl (C=O) groups is 2. The van der Waals surface area contributed by atoms with Crippen molar-refractivity contribution < 1.29 is 14.3 Å². The van der Waals surface area contributed by atoms with Gasteiger partial charge < -0.3 is 10.1 Å². The molecule has 2 amide bonds. The normalized spacial score (nSPS) is 12.1. The molecule has 0 spiro atoms. The molecule has 2 N–H and O–H groups in total. The first-order chi connectivity index (χ1) is 14.3. The molecular weight excluding hydrogens is 470 g/mol. The highest BCUT2D eigenvalue weighted by Crippen LogP contribution is 2.25. The van der Waals surface area contributed by atoms with Crippen LogP contribution in [0.15, 0.2) is 52.0 Å². The number of hydrogen-bond donors (Lipinski definition) is 2. The molecule has 0 bridgehead atoms. The van der Waals surface area contributed by atoms with E-state index < -0.39 is 6.04 Å². The van der Waals surface area contributed by atoms with Crippen molar-refractivity contribution in [3.05, 3.63) is 63.1 Å². The molecule has 2 aromatic rings. The average Bonchev–Trinajstić information content (AvgIpc) is 2.69. The van der Waals surface area contributed by atoms with Crippen LogP contribution in [-0.4, -0.2) is 30.7 Å². The van der Waals surface area contributed by atoms with Gasteiger partial charge in [-0.15, -0.1) is 0 Å². The molecule has 1 unspecified atom stereocenters. The first-order valence-corrected chi connectivity index (χ1v) is 10.8. The van der Waals surface area contributed by atoms with Gasteiger partial charge in [-0.2, -0.15) is 5.10 Å². The van der Waals surface area contributed by atoms with E-state index >= 15 is 0 Å². The number of hydrogen-bond acceptors (Lipinski definition) is 4. The number of hydrazone groups is 1. The minimum atomic E-state index is -0.711. The van der Waals surface area contributed by atoms with Gasteiger partial charge in [0.05, 0.1) is 17.3 Å². The third-order valence-corrected chi connectivity index (χ3v) is 4.95. The Morgan fingerprint density at radius 2 is 1.90 bits per heavy atom. The van der Waals surface area contributed by atoms with Crippen molar-refractivity contribution in [2.75, 3.05) is 6.61 Å². The van der Waals surface area contributed by atoms with E-state index in [1.54, 1.807) is 24.3 Å². The Kier molecular flexibility index (Phi) is 9.33. The number of ether oxygens (including phenoxy) is 1. The summed E-state index contributed by atoms with van der Waals surface area (Å²) in [6.07, 6.45) is 2.02.